The number of aliphatic hydroxyl groups is 2. The summed E-state index contributed by atoms with van der Waals surface area (Å²) in [5.41, 5.74) is 10.5. The van der Waals surface area contributed by atoms with Crippen LogP contribution in [0.3, 0.4) is 0 Å². The van der Waals surface area contributed by atoms with Gasteiger partial charge in [0.2, 0.25) is 5.91 Å². The van der Waals surface area contributed by atoms with E-state index in [0.717, 1.165) is 28.7 Å². The SMILES string of the molecule is CC(Cc1ccc(CC(=O)NCc2ccc(C(=O)NC(C)C(O)c3ccccc3)cc2)cc1)NCC(O)c1ccc(N)nc1. The molecule has 230 valence electrons. The van der Waals surface area contributed by atoms with E-state index in [1.165, 1.54) is 0 Å². The molecule has 0 aliphatic carbocycles. The molecule has 0 saturated carbocycles. The van der Waals surface area contributed by atoms with Crippen LogP contribution in [-0.2, 0) is 24.2 Å². The van der Waals surface area contributed by atoms with Crippen LogP contribution in [0.15, 0.2) is 97.2 Å². The number of amides is 2. The van der Waals surface area contributed by atoms with Crippen LogP contribution in [0.5, 0.6) is 0 Å². The lowest BCUT2D eigenvalue weighted by Gasteiger charge is -2.20. The second kappa shape index (κ2) is 15.8. The van der Waals surface area contributed by atoms with Crippen molar-refractivity contribution in [3.05, 3.63) is 131 Å². The van der Waals surface area contributed by atoms with Crippen molar-refractivity contribution in [2.45, 2.75) is 57.5 Å². The molecule has 0 radical (unpaired) electrons. The number of nitrogens with two attached hydrogens (primary N) is 1. The van der Waals surface area contributed by atoms with Gasteiger partial charge in [0, 0.05) is 36.5 Å². The van der Waals surface area contributed by atoms with Gasteiger partial charge in [0.05, 0.1) is 24.7 Å². The Hall–Kier alpha value is -4.57. The van der Waals surface area contributed by atoms with Gasteiger partial charge in [0.25, 0.3) is 5.91 Å². The zero-order valence-electron chi connectivity index (χ0n) is 25.1. The molecule has 0 spiro atoms. The zero-order valence-corrected chi connectivity index (χ0v) is 25.1. The number of nitrogens with one attached hydrogen (secondary N) is 3. The summed E-state index contributed by atoms with van der Waals surface area (Å²) in [5.74, 6) is 0.0541. The van der Waals surface area contributed by atoms with E-state index >= 15 is 0 Å². The maximum absolute atomic E-state index is 12.7. The predicted molar refractivity (Wildman–Crippen MR) is 172 cm³/mol. The Bertz CT molecular complexity index is 1480. The van der Waals surface area contributed by atoms with Crippen molar-refractivity contribution in [1.29, 1.82) is 0 Å². The van der Waals surface area contributed by atoms with Crippen LogP contribution in [0.4, 0.5) is 5.82 Å². The zero-order chi connectivity index (χ0) is 31.5. The van der Waals surface area contributed by atoms with Crippen LogP contribution in [0, 0.1) is 0 Å². The van der Waals surface area contributed by atoms with E-state index in [1.807, 2.05) is 66.7 Å². The van der Waals surface area contributed by atoms with Gasteiger partial charge in [-0.1, -0.05) is 72.8 Å². The third-order valence-electron chi connectivity index (χ3n) is 7.46. The molecular weight excluding hydrogens is 554 g/mol. The Morgan fingerprint density at radius 2 is 1.48 bits per heavy atom. The Balaban J connectivity index is 1.17. The van der Waals surface area contributed by atoms with Gasteiger partial charge >= 0.3 is 0 Å². The first kappa shape index (κ1) is 32.3. The summed E-state index contributed by atoms with van der Waals surface area (Å²) in [6.45, 7) is 4.58. The quantitative estimate of drug-likeness (QED) is 0.130. The Labute approximate surface area is 258 Å². The molecule has 0 bridgehead atoms. The largest absolute Gasteiger partial charge is 0.387 e. The lowest BCUT2D eigenvalue weighted by atomic mass is 10.0. The van der Waals surface area contributed by atoms with Gasteiger partial charge in [-0.05, 0) is 60.7 Å². The highest BCUT2D eigenvalue weighted by Gasteiger charge is 2.19. The molecule has 2 amide bonds. The minimum atomic E-state index is -0.809. The first-order valence-electron chi connectivity index (χ1n) is 14.8. The summed E-state index contributed by atoms with van der Waals surface area (Å²) in [7, 11) is 0. The smallest absolute Gasteiger partial charge is 0.251 e. The third kappa shape index (κ3) is 9.74. The number of anilines is 1. The molecule has 0 aliphatic rings. The summed E-state index contributed by atoms with van der Waals surface area (Å²) in [5, 5.41) is 30.0. The molecular formula is C35H41N5O4. The minimum absolute atomic E-state index is 0.0931. The topological polar surface area (TPSA) is 150 Å². The third-order valence-corrected chi connectivity index (χ3v) is 7.46. The fourth-order valence-electron chi connectivity index (χ4n) is 4.79. The number of nitrogen functional groups attached to an aromatic ring is 1. The Morgan fingerprint density at radius 1 is 0.818 bits per heavy atom. The number of aromatic nitrogens is 1. The van der Waals surface area contributed by atoms with E-state index in [2.05, 4.69) is 27.9 Å². The molecule has 9 heteroatoms. The van der Waals surface area contributed by atoms with E-state index in [-0.39, 0.29) is 24.3 Å². The first-order chi connectivity index (χ1) is 21.2. The fourth-order valence-corrected chi connectivity index (χ4v) is 4.79. The normalized spacial score (nSPS) is 13.8. The van der Waals surface area contributed by atoms with Gasteiger partial charge in [-0.15, -0.1) is 0 Å². The van der Waals surface area contributed by atoms with Crippen LogP contribution >= 0.6 is 0 Å². The number of carbonyl (C=O) groups excluding carboxylic acids is 2. The van der Waals surface area contributed by atoms with Gasteiger partial charge in [-0.2, -0.15) is 0 Å². The second-order valence-corrected chi connectivity index (χ2v) is 11.1. The Kier molecular flexibility index (Phi) is 11.6. The maximum atomic E-state index is 12.7. The second-order valence-electron chi connectivity index (χ2n) is 11.1. The minimum Gasteiger partial charge on any atom is -0.387 e. The van der Waals surface area contributed by atoms with Crippen LogP contribution < -0.4 is 21.7 Å². The molecule has 4 unspecified atom stereocenters. The van der Waals surface area contributed by atoms with Crippen molar-refractivity contribution < 1.29 is 19.8 Å². The molecule has 0 saturated heterocycles. The number of rotatable bonds is 14. The van der Waals surface area contributed by atoms with Crippen LogP contribution in [0.1, 0.15) is 64.2 Å². The van der Waals surface area contributed by atoms with E-state index < -0.39 is 18.2 Å². The first-order valence-corrected chi connectivity index (χ1v) is 14.8. The lowest BCUT2D eigenvalue weighted by Crippen LogP contribution is -2.37. The van der Waals surface area contributed by atoms with E-state index in [9.17, 15) is 19.8 Å². The molecule has 4 rings (SSSR count). The van der Waals surface area contributed by atoms with Gasteiger partial charge in [0.1, 0.15) is 5.82 Å². The van der Waals surface area contributed by atoms with E-state index in [0.29, 0.717) is 30.0 Å². The summed E-state index contributed by atoms with van der Waals surface area (Å²) in [4.78, 5) is 29.3. The molecule has 9 nitrogen and oxygen atoms in total. The highest BCUT2D eigenvalue weighted by molar-refractivity contribution is 5.94. The highest BCUT2D eigenvalue weighted by atomic mass is 16.3. The van der Waals surface area contributed by atoms with E-state index in [1.54, 1.807) is 37.4 Å². The molecule has 4 atom stereocenters. The van der Waals surface area contributed by atoms with Gasteiger partial charge in [-0.3, -0.25) is 9.59 Å². The van der Waals surface area contributed by atoms with Gasteiger partial charge in [-0.25, -0.2) is 4.98 Å². The number of pyridine rings is 1. The van der Waals surface area contributed by atoms with Crippen molar-refractivity contribution in [3.8, 4) is 0 Å². The number of benzene rings is 3. The van der Waals surface area contributed by atoms with Crippen LogP contribution in [0.25, 0.3) is 0 Å². The summed E-state index contributed by atoms with van der Waals surface area (Å²) in [6, 6.07) is 27.3. The lowest BCUT2D eigenvalue weighted by molar-refractivity contribution is -0.120. The number of hydrogen-bond acceptors (Lipinski definition) is 7. The number of carbonyl (C=O) groups is 2. The van der Waals surface area contributed by atoms with Crippen molar-refractivity contribution in [3.63, 3.8) is 0 Å². The average molecular weight is 596 g/mol. The number of aliphatic hydroxyl groups excluding tert-OH is 2. The predicted octanol–water partition coefficient (Wildman–Crippen LogP) is 3.63. The number of hydrogen-bond donors (Lipinski definition) is 6. The highest BCUT2D eigenvalue weighted by Crippen LogP contribution is 2.17. The maximum Gasteiger partial charge on any atom is 0.251 e. The summed E-state index contributed by atoms with van der Waals surface area (Å²) in [6.07, 6.45) is 1.15. The molecule has 1 heterocycles. The van der Waals surface area contributed by atoms with Gasteiger partial charge < -0.3 is 31.9 Å². The molecule has 44 heavy (non-hydrogen) atoms. The standard InChI is InChI=1S/C35H41N5O4/c1-23(37-22-31(41)30-16-17-32(36)38-21-30)18-25-8-10-26(11-9-25)19-33(42)39-20-27-12-14-29(15-13-27)35(44)40-24(2)34(43)28-6-4-3-5-7-28/h3-17,21,23-24,31,34,37,41,43H,18-20,22H2,1-2H3,(H2,36,38)(H,39,42)(H,40,44). The summed E-state index contributed by atoms with van der Waals surface area (Å²) < 4.78 is 0. The average Bonchev–Trinajstić information content (AvgIpc) is 3.04. The molecule has 7 N–H and O–H groups in total. The molecule has 0 fully saturated rings. The van der Waals surface area contributed by atoms with Crippen LogP contribution in [0.2, 0.25) is 0 Å². The van der Waals surface area contributed by atoms with Crippen molar-refractivity contribution >= 4 is 17.6 Å². The van der Waals surface area contributed by atoms with Crippen LogP contribution in [-0.4, -0.2) is 45.6 Å². The fraction of sp³-hybridized carbons (Fsp3) is 0.286. The van der Waals surface area contributed by atoms with Crippen molar-refractivity contribution in [2.24, 2.45) is 0 Å². The molecule has 3 aromatic carbocycles. The molecule has 4 aromatic rings. The van der Waals surface area contributed by atoms with E-state index in [4.69, 9.17) is 5.73 Å². The van der Waals surface area contributed by atoms with Gasteiger partial charge in [0.15, 0.2) is 0 Å². The number of nitrogens with zero attached hydrogens (tertiary/aromatic N) is 1. The molecule has 0 aliphatic heterocycles. The van der Waals surface area contributed by atoms with Crippen molar-refractivity contribution in [1.82, 2.24) is 20.9 Å². The van der Waals surface area contributed by atoms with Crippen molar-refractivity contribution in [2.75, 3.05) is 12.3 Å². The monoisotopic (exact) mass is 595 g/mol. The Morgan fingerprint density at radius 3 is 2.14 bits per heavy atom. The summed E-state index contributed by atoms with van der Waals surface area (Å²) >= 11 is 0. The molecule has 1 aromatic heterocycles.